The first-order valence-corrected chi connectivity index (χ1v) is 7.34. The van der Waals surface area contributed by atoms with Gasteiger partial charge in [0.2, 0.25) is 0 Å². The highest BCUT2D eigenvalue weighted by molar-refractivity contribution is 5.96. The Balaban J connectivity index is 1.97. The second-order valence-corrected chi connectivity index (χ2v) is 4.97. The number of carbonyl (C=O) groups is 2. The van der Waals surface area contributed by atoms with E-state index in [1.54, 1.807) is 0 Å². The molecule has 2 aromatic rings. The molecule has 0 spiro atoms. The van der Waals surface area contributed by atoms with Crippen molar-refractivity contribution in [3.8, 4) is 17.2 Å². The topological polar surface area (TPSA) is 99.9 Å². The van der Waals surface area contributed by atoms with Crippen molar-refractivity contribution in [1.29, 1.82) is 0 Å². The highest BCUT2D eigenvalue weighted by Gasteiger charge is 2.13. The molecule has 0 saturated carbocycles. The van der Waals surface area contributed by atoms with Crippen LogP contribution in [0.2, 0.25) is 0 Å². The van der Waals surface area contributed by atoms with Crippen molar-refractivity contribution < 1.29 is 32.6 Å². The molecule has 26 heavy (non-hydrogen) atoms. The zero-order valence-electron chi connectivity index (χ0n) is 13.7. The summed E-state index contributed by atoms with van der Waals surface area (Å²) in [5.74, 6) is -0.729. The number of carbonyl (C=O) groups excluding carboxylic acids is 2. The minimum Gasteiger partial charge on any atom is -0.497 e. The van der Waals surface area contributed by atoms with Gasteiger partial charge < -0.3 is 25.3 Å². The van der Waals surface area contributed by atoms with Crippen LogP contribution in [0.1, 0.15) is 10.4 Å². The number of anilines is 1. The van der Waals surface area contributed by atoms with Gasteiger partial charge in [-0.2, -0.15) is 8.78 Å². The molecule has 2 amide bonds. The lowest BCUT2D eigenvalue weighted by Crippen LogP contribution is -2.21. The fourth-order valence-corrected chi connectivity index (χ4v) is 2.01. The monoisotopic (exact) mass is 366 g/mol. The molecule has 0 fully saturated rings. The summed E-state index contributed by atoms with van der Waals surface area (Å²) in [4.78, 5) is 23.4. The molecule has 2 rings (SSSR count). The van der Waals surface area contributed by atoms with Gasteiger partial charge in [0.15, 0.2) is 6.61 Å². The number of hydrogen-bond donors (Lipinski definition) is 2. The maximum absolute atomic E-state index is 12.1. The van der Waals surface area contributed by atoms with E-state index in [1.165, 1.54) is 49.6 Å². The lowest BCUT2D eigenvalue weighted by molar-refractivity contribution is -0.118. The van der Waals surface area contributed by atoms with E-state index in [1.807, 2.05) is 0 Å². The Morgan fingerprint density at radius 3 is 2.35 bits per heavy atom. The van der Waals surface area contributed by atoms with Crippen LogP contribution in [-0.2, 0) is 4.79 Å². The number of halogens is 2. The third kappa shape index (κ3) is 5.33. The lowest BCUT2D eigenvalue weighted by Gasteiger charge is -2.12. The maximum atomic E-state index is 12.1. The number of alkyl halides is 2. The van der Waals surface area contributed by atoms with Gasteiger partial charge in [-0.25, -0.2) is 0 Å². The number of methoxy groups -OCH3 is 1. The minimum absolute atomic E-state index is 0.0308. The van der Waals surface area contributed by atoms with Gasteiger partial charge in [0.25, 0.3) is 11.8 Å². The minimum atomic E-state index is -2.92. The molecule has 0 aliphatic carbocycles. The van der Waals surface area contributed by atoms with Crippen LogP contribution in [0, 0.1) is 0 Å². The van der Waals surface area contributed by atoms with Crippen LogP contribution in [0.25, 0.3) is 0 Å². The van der Waals surface area contributed by atoms with Crippen molar-refractivity contribution in [2.75, 3.05) is 19.0 Å². The number of nitrogens with one attached hydrogen (secondary N) is 1. The van der Waals surface area contributed by atoms with Crippen molar-refractivity contribution in [1.82, 2.24) is 0 Å². The normalized spacial score (nSPS) is 10.3. The number of rotatable bonds is 8. The van der Waals surface area contributed by atoms with E-state index in [0.717, 1.165) is 0 Å². The van der Waals surface area contributed by atoms with Crippen LogP contribution in [0.5, 0.6) is 17.2 Å². The summed E-state index contributed by atoms with van der Waals surface area (Å²) in [6.45, 7) is -3.32. The molecule has 0 saturated heterocycles. The zero-order valence-corrected chi connectivity index (χ0v) is 13.7. The third-order valence-corrected chi connectivity index (χ3v) is 3.18. The smallest absolute Gasteiger partial charge is 0.387 e. The average Bonchev–Trinajstić information content (AvgIpc) is 2.60. The Labute approximate surface area is 147 Å². The first-order valence-electron chi connectivity index (χ1n) is 7.34. The first kappa shape index (κ1) is 19.0. The van der Waals surface area contributed by atoms with Crippen LogP contribution in [0.3, 0.4) is 0 Å². The van der Waals surface area contributed by atoms with Crippen molar-refractivity contribution in [2.45, 2.75) is 6.61 Å². The van der Waals surface area contributed by atoms with Gasteiger partial charge in [-0.3, -0.25) is 9.59 Å². The second-order valence-electron chi connectivity index (χ2n) is 4.97. The van der Waals surface area contributed by atoms with Gasteiger partial charge in [0.1, 0.15) is 17.2 Å². The van der Waals surface area contributed by atoms with E-state index in [4.69, 9.17) is 15.2 Å². The fraction of sp³-hybridized carbons (Fsp3) is 0.176. The van der Waals surface area contributed by atoms with Gasteiger partial charge in [-0.15, -0.1) is 0 Å². The van der Waals surface area contributed by atoms with E-state index < -0.39 is 25.0 Å². The summed E-state index contributed by atoms with van der Waals surface area (Å²) in [6, 6.07) is 9.77. The molecule has 0 heterocycles. The van der Waals surface area contributed by atoms with Crippen molar-refractivity contribution in [3.63, 3.8) is 0 Å². The fourth-order valence-electron chi connectivity index (χ4n) is 2.01. The quantitative estimate of drug-likeness (QED) is 0.747. The van der Waals surface area contributed by atoms with Crippen molar-refractivity contribution in [3.05, 3.63) is 48.0 Å². The highest BCUT2D eigenvalue weighted by atomic mass is 19.3. The summed E-state index contributed by atoms with van der Waals surface area (Å²) in [6.07, 6.45) is 0. The van der Waals surface area contributed by atoms with Crippen LogP contribution >= 0.6 is 0 Å². The molecule has 0 unspecified atom stereocenters. The summed E-state index contributed by atoms with van der Waals surface area (Å²) in [5, 5.41) is 2.52. The first-order chi connectivity index (χ1) is 12.4. The summed E-state index contributed by atoms with van der Waals surface area (Å²) in [7, 11) is 1.44. The number of amides is 2. The Kier molecular flexibility index (Phi) is 6.31. The van der Waals surface area contributed by atoms with E-state index in [0.29, 0.717) is 11.4 Å². The van der Waals surface area contributed by atoms with Gasteiger partial charge in [0.05, 0.1) is 12.7 Å². The predicted molar refractivity (Wildman–Crippen MR) is 88.7 cm³/mol. The van der Waals surface area contributed by atoms with E-state index in [9.17, 15) is 18.4 Å². The lowest BCUT2D eigenvalue weighted by atomic mass is 10.2. The standard InChI is InChI=1S/C17H16F2N2O5/c1-24-12-6-7-13(16(20)23)14(8-12)25-9-15(22)21-10-2-4-11(5-3-10)26-17(18)19/h2-8,17H,9H2,1H3,(H2,20,23)(H,21,22). The van der Waals surface area contributed by atoms with Crippen molar-refractivity contribution in [2.24, 2.45) is 5.73 Å². The predicted octanol–water partition coefficient (Wildman–Crippen LogP) is 2.41. The molecule has 0 aliphatic rings. The van der Waals surface area contributed by atoms with Gasteiger partial charge >= 0.3 is 6.61 Å². The Bertz CT molecular complexity index is 781. The SMILES string of the molecule is COc1ccc(C(N)=O)c(OCC(=O)Nc2ccc(OC(F)F)cc2)c1. The molecule has 138 valence electrons. The van der Waals surface area contributed by atoms with Gasteiger partial charge in [0, 0.05) is 11.8 Å². The zero-order chi connectivity index (χ0) is 19.1. The Hall–Kier alpha value is -3.36. The molecule has 0 atom stereocenters. The van der Waals surface area contributed by atoms with Gasteiger partial charge in [-0.05, 0) is 36.4 Å². The molecule has 0 aliphatic heterocycles. The molecule has 0 radical (unpaired) electrons. The van der Waals surface area contributed by atoms with Crippen LogP contribution in [0.4, 0.5) is 14.5 Å². The average molecular weight is 366 g/mol. The molecule has 0 aromatic heterocycles. The Morgan fingerprint density at radius 2 is 1.77 bits per heavy atom. The van der Waals surface area contributed by atoms with E-state index >= 15 is 0 Å². The number of benzene rings is 2. The number of primary amides is 1. The molecule has 2 aromatic carbocycles. The number of ether oxygens (including phenoxy) is 3. The Morgan fingerprint density at radius 1 is 1.12 bits per heavy atom. The van der Waals surface area contributed by atoms with Crippen LogP contribution in [-0.4, -0.2) is 32.1 Å². The molecular formula is C17H16F2N2O5. The second kappa shape index (κ2) is 8.65. The van der Waals surface area contributed by atoms with Crippen LogP contribution < -0.4 is 25.3 Å². The van der Waals surface area contributed by atoms with Crippen LogP contribution in [0.15, 0.2) is 42.5 Å². The summed E-state index contributed by atoms with van der Waals surface area (Å²) >= 11 is 0. The molecule has 3 N–H and O–H groups in total. The largest absolute Gasteiger partial charge is 0.497 e. The summed E-state index contributed by atoms with van der Waals surface area (Å²) in [5.41, 5.74) is 5.72. The maximum Gasteiger partial charge on any atom is 0.387 e. The van der Waals surface area contributed by atoms with E-state index in [2.05, 4.69) is 10.1 Å². The third-order valence-electron chi connectivity index (χ3n) is 3.18. The molecule has 9 heteroatoms. The highest BCUT2D eigenvalue weighted by Crippen LogP contribution is 2.24. The molecule has 7 nitrogen and oxygen atoms in total. The molecular weight excluding hydrogens is 350 g/mol. The summed E-state index contributed by atoms with van der Waals surface area (Å²) < 4.78 is 38.7. The number of nitrogens with two attached hydrogens (primary N) is 1. The molecule has 0 bridgehead atoms. The number of hydrogen-bond acceptors (Lipinski definition) is 5. The van der Waals surface area contributed by atoms with Gasteiger partial charge in [-0.1, -0.05) is 0 Å². The van der Waals surface area contributed by atoms with E-state index in [-0.39, 0.29) is 17.1 Å². The van der Waals surface area contributed by atoms with Crippen molar-refractivity contribution >= 4 is 17.5 Å².